The number of rotatable bonds is 3. The largest absolute Gasteiger partial charge is 0.343 e. The van der Waals surface area contributed by atoms with Crippen LogP contribution in [0.3, 0.4) is 0 Å². The highest BCUT2D eigenvalue weighted by Gasteiger charge is 2.21. The zero-order chi connectivity index (χ0) is 13.0. The van der Waals surface area contributed by atoms with E-state index in [1.165, 1.54) is 24.1 Å². The van der Waals surface area contributed by atoms with Gasteiger partial charge in [-0.1, -0.05) is 12.1 Å². The number of halogens is 1. The minimum atomic E-state index is -0.181. The number of amides is 1. The lowest BCUT2D eigenvalue weighted by atomic mass is 9.91. The van der Waals surface area contributed by atoms with Gasteiger partial charge in [-0.25, -0.2) is 4.39 Å². The lowest BCUT2D eigenvalue weighted by molar-refractivity contribution is -0.130. The van der Waals surface area contributed by atoms with Crippen molar-refractivity contribution >= 4 is 5.91 Å². The van der Waals surface area contributed by atoms with Gasteiger partial charge in [-0.05, 0) is 49.3 Å². The Hall–Kier alpha value is -1.38. The molecular formula is C15H20FNO. The van der Waals surface area contributed by atoms with Crippen LogP contribution in [0.4, 0.5) is 4.39 Å². The number of aryl methyl sites for hydroxylation is 1. The molecule has 1 unspecified atom stereocenters. The highest BCUT2D eigenvalue weighted by Crippen LogP contribution is 2.21. The first-order valence-electron chi connectivity index (χ1n) is 6.65. The van der Waals surface area contributed by atoms with Crippen LogP contribution in [-0.4, -0.2) is 23.9 Å². The molecule has 18 heavy (non-hydrogen) atoms. The maximum atomic E-state index is 12.8. The van der Waals surface area contributed by atoms with E-state index in [4.69, 9.17) is 0 Å². The second kappa shape index (κ2) is 5.98. The van der Waals surface area contributed by atoms with Crippen LogP contribution in [0, 0.1) is 11.7 Å². The summed E-state index contributed by atoms with van der Waals surface area (Å²) in [6.45, 7) is 3.43. The van der Waals surface area contributed by atoms with Crippen molar-refractivity contribution in [2.45, 2.75) is 32.6 Å². The van der Waals surface area contributed by atoms with Crippen LogP contribution < -0.4 is 0 Å². The fraction of sp³-hybridized carbons (Fsp3) is 0.533. The second-order valence-corrected chi connectivity index (χ2v) is 5.14. The third-order valence-corrected chi connectivity index (χ3v) is 3.72. The van der Waals surface area contributed by atoms with Crippen molar-refractivity contribution in [3.8, 4) is 0 Å². The molecule has 1 fully saturated rings. The van der Waals surface area contributed by atoms with E-state index in [0.717, 1.165) is 32.4 Å². The third-order valence-electron chi connectivity index (χ3n) is 3.72. The van der Waals surface area contributed by atoms with Gasteiger partial charge in [0.1, 0.15) is 5.82 Å². The molecule has 0 N–H and O–H groups in total. The Labute approximate surface area is 108 Å². The Morgan fingerprint density at radius 3 is 2.78 bits per heavy atom. The van der Waals surface area contributed by atoms with Crippen molar-refractivity contribution in [3.05, 3.63) is 35.6 Å². The molecule has 1 aliphatic rings. The molecule has 0 bridgehead atoms. The van der Waals surface area contributed by atoms with Gasteiger partial charge in [-0.15, -0.1) is 0 Å². The summed E-state index contributed by atoms with van der Waals surface area (Å²) in [5, 5.41) is 0. The maximum Gasteiger partial charge on any atom is 0.219 e. The fourth-order valence-electron chi connectivity index (χ4n) is 2.61. The van der Waals surface area contributed by atoms with Crippen LogP contribution in [0.25, 0.3) is 0 Å². The minimum Gasteiger partial charge on any atom is -0.343 e. The zero-order valence-electron chi connectivity index (χ0n) is 10.9. The highest BCUT2D eigenvalue weighted by atomic mass is 19.1. The van der Waals surface area contributed by atoms with E-state index in [2.05, 4.69) is 0 Å². The van der Waals surface area contributed by atoms with Gasteiger partial charge in [0.25, 0.3) is 0 Å². The van der Waals surface area contributed by atoms with Gasteiger partial charge in [-0.3, -0.25) is 4.79 Å². The van der Waals surface area contributed by atoms with Crippen LogP contribution in [0.2, 0.25) is 0 Å². The van der Waals surface area contributed by atoms with Crippen LogP contribution in [0.5, 0.6) is 0 Å². The molecule has 1 amide bonds. The van der Waals surface area contributed by atoms with Crippen molar-refractivity contribution in [2.24, 2.45) is 5.92 Å². The summed E-state index contributed by atoms with van der Waals surface area (Å²) in [5.41, 5.74) is 1.18. The number of carbonyl (C=O) groups is 1. The van der Waals surface area contributed by atoms with E-state index in [9.17, 15) is 9.18 Å². The Morgan fingerprint density at radius 1 is 1.39 bits per heavy atom. The Balaban J connectivity index is 1.82. The molecule has 0 aromatic heterocycles. The summed E-state index contributed by atoms with van der Waals surface area (Å²) in [6.07, 6.45) is 4.35. The van der Waals surface area contributed by atoms with E-state index in [-0.39, 0.29) is 11.7 Å². The lowest BCUT2D eigenvalue weighted by Gasteiger charge is -2.32. The van der Waals surface area contributed by atoms with Crippen LogP contribution in [0.1, 0.15) is 31.7 Å². The topological polar surface area (TPSA) is 20.3 Å². The molecule has 0 aliphatic carbocycles. The summed E-state index contributed by atoms with van der Waals surface area (Å²) >= 11 is 0. The summed E-state index contributed by atoms with van der Waals surface area (Å²) in [6, 6.07) is 6.72. The van der Waals surface area contributed by atoms with Crippen LogP contribution in [0.15, 0.2) is 24.3 Å². The smallest absolute Gasteiger partial charge is 0.219 e. The molecule has 3 heteroatoms. The Morgan fingerprint density at radius 2 is 2.11 bits per heavy atom. The summed E-state index contributed by atoms with van der Waals surface area (Å²) in [5.74, 6) is 0.591. The van der Waals surface area contributed by atoms with Crippen LogP contribution in [-0.2, 0) is 11.2 Å². The number of carbonyl (C=O) groups excluding carboxylic acids is 1. The standard InChI is InChI=1S/C15H20FNO/c1-12(18)17-10-2-3-14(11-17)5-4-13-6-8-15(16)9-7-13/h6-9,14H,2-5,10-11H2,1H3. The van der Waals surface area contributed by atoms with E-state index in [1.807, 2.05) is 17.0 Å². The number of hydrogen-bond donors (Lipinski definition) is 0. The first-order chi connectivity index (χ1) is 8.65. The third kappa shape index (κ3) is 3.56. The van der Waals surface area contributed by atoms with Crippen LogP contribution >= 0.6 is 0 Å². The van der Waals surface area contributed by atoms with Crippen molar-refractivity contribution < 1.29 is 9.18 Å². The molecule has 1 heterocycles. The molecule has 1 aliphatic heterocycles. The average molecular weight is 249 g/mol. The van der Waals surface area contributed by atoms with Crippen molar-refractivity contribution in [1.82, 2.24) is 4.90 Å². The van der Waals surface area contributed by atoms with E-state index in [0.29, 0.717) is 5.92 Å². The van der Waals surface area contributed by atoms with E-state index in [1.54, 1.807) is 6.92 Å². The van der Waals surface area contributed by atoms with Crippen molar-refractivity contribution in [2.75, 3.05) is 13.1 Å². The van der Waals surface area contributed by atoms with Gasteiger partial charge in [0, 0.05) is 20.0 Å². The van der Waals surface area contributed by atoms with E-state index < -0.39 is 0 Å². The average Bonchev–Trinajstić information content (AvgIpc) is 2.38. The number of hydrogen-bond acceptors (Lipinski definition) is 1. The van der Waals surface area contributed by atoms with Crippen molar-refractivity contribution in [1.29, 1.82) is 0 Å². The molecule has 1 aromatic rings. The molecular weight excluding hydrogens is 229 g/mol. The SMILES string of the molecule is CC(=O)N1CCCC(CCc2ccc(F)cc2)C1. The zero-order valence-corrected chi connectivity index (χ0v) is 10.9. The lowest BCUT2D eigenvalue weighted by Crippen LogP contribution is -2.38. The molecule has 98 valence electrons. The maximum absolute atomic E-state index is 12.8. The fourth-order valence-corrected chi connectivity index (χ4v) is 2.61. The molecule has 1 saturated heterocycles. The van der Waals surface area contributed by atoms with Gasteiger partial charge in [0.2, 0.25) is 5.91 Å². The van der Waals surface area contributed by atoms with Gasteiger partial charge in [0.15, 0.2) is 0 Å². The molecule has 2 nitrogen and oxygen atoms in total. The first-order valence-corrected chi connectivity index (χ1v) is 6.65. The normalized spacial score (nSPS) is 19.9. The molecule has 2 rings (SSSR count). The summed E-state index contributed by atoms with van der Waals surface area (Å²) in [4.78, 5) is 13.3. The second-order valence-electron chi connectivity index (χ2n) is 5.14. The Kier molecular flexibility index (Phi) is 4.34. The Bertz CT molecular complexity index is 401. The minimum absolute atomic E-state index is 0.181. The first kappa shape index (κ1) is 13.1. The molecule has 0 saturated carbocycles. The molecule has 0 spiro atoms. The predicted molar refractivity (Wildman–Crippen MR) is 69.7 cm³/mol. The molecule has 1 atom stereocenters. The number of likely N-dealkylation sites (tertiary alicyclic amines) is 1. The quantitative estimate of drug-likeness (QED) is 0.806. The number of benzene rings is 1. The van der Waals surface area contributed by atoms with Gasteiger partial charge in [0.05, 0.1) is 0 Å². The molecule has 1 aromatic carbocycles. The predicted octanol–water partition coefficient (Wildman–Crippen LogP) is 3.02. The number of nitrogens with zero attached hydrogens (tertiary/aromatic N) is 1. The van der Waals surface area contributed by atoms with Gasteiger partial charge >= 0.3 is 0 Å². The van der Waals surface area contributed by atoms with E-state index >= 15 is 0 Å². The summed E-state index contributed by atoms with van der Waals surface area (Å²) in [7, 11) is 0. The van der Waals surface area contributed by atoms with Gasteiger partial charge in [-0.2, -0.15) is 0 Å². The molecule has 0 radical (unpaired) electrons. The monoisotopic (exact) mass is 249 g/mol. The van der Waals surface area contributed by atoms with Gasteiger partial charge < -0.3 is 4.90 Å². The summed E-state index contributed by atoms with van der Waals surface area (Å²) < 4.78 is 12.8. The number of piperidine rings is 1. The highest BCUT2D eigenvalue weighted by molar-refractivity contribution is 5.73. The van der Waals surface area contributed by atoms with Crippen molar-refractivity contribution in [3.63, 3.8) is 0 Å².